The van der Waals surface area contributed by atoms with Crippen molar-refractivity contribution in [3.05, 3.63) is 58.7 Å². The third-order valence-electron chi connectivity index (χ3n) is 4.51. The largest absolute Gasteiger partial charge is 1.00 e. The molecule has 0 unspecified atom stereocenters. The molecule has 4 heteroatoms. The smallest absolute Gasteiger partial charge is 1.00 e. The SMILES string of the molecule is Cc1cc(C(C)(C)[C]2([Ti+3])C=CC=C2)cc(C)c1C.[Cl-].[Cl-].[Cl-]. The van der Waals surface area contributed by atoms with Crippen molar-refractivity contribution in [2.75, 3.05) is 0 Å². The molecule has 1 aliphatic rings. The molecule has 0 heterocycles. The molecule has 0 amide bonds. The Labute approximate surface area is 159 Å². The van der Waals surface area contributed by atoms with Crippen LogP contribution in [0, 0.1) is 20.8 Å². The fraction of sp³-hybridized carbons (Fsp3) is 0.412. The molecule has 21 heavy (non-hydrogen) atoms. The van der Waals surface area contributed by atoms with E-state index < -0.39 is 0 Å². The molecule has 0 aromatic heterocycles. The van der Waals surface area contributed by atoms with Crippen molar-refractivity contribution in [1.29, 1.82) is 0 Å². The van der Waals surface area contributed by atoms with Crippen LogP contribution >= 0.6 is 0 Å². The number of aryl methyl sites for hydroxylation is 2. The molecule has 1 aliphatic carbocycles. The molecule has 0 saturated carbocycles. The zero-order valence-corrected chi connectivity index (χ0v) is 16.9. The summed E-state index contributed by atoms with van der Waals surface area (Å²) < 4.78 is 0.112. The van der Waals surface area contributed by atoms with Gasteiger partial charge in [-0.1, -0.05) is 0 Å². The molecular formula is C17H21Cl3Ti. The van der Waals surface area contributed by atoms with E-state index in [1.54, 1.807) is 0 Å². The molecule has 1 aromatic rings. The van der Waals surface area contributed by atoms with Gasteiger partial charge >= 0.3 is 123 Å². The summed E-state index contributed by atoms with van der Waals surface area (Å²) in [5.41, 5.74) is 5.75. The minimum Gasteiger partial charge on any atom is -1.00 e. The van der Waals surface area contributed by atoms with Gasteiger partial charge < -0.3 is 37.2 Å². The summed E-state index contributed by atoms with van der Waals surface area (Å²) in [5.74, 6) is 0. The standard InChI is InChI=1S/C17H21.3ClH.Ti/c1-12-10-16(11-13(2)14(12)3)17(4,5)15-8-6-7-9-15;;;;/h6-11H,1-5H3;3*1H;/q;;;;+3/p-3. The van der Waals surface area contributed by atoms with E-state index >= 15 is 0 Å². The first kappa shape index (κ1) is 23.5. The van der Waals surface area contributed by atoms with E-state index in [1.807, 2.05) is 0 Å². The maximum atomic E-state index is 2.35. The van der Waals surface area contributed by atoms with Crippen molar-refractivity contribution >= 4 is 0 Å². The Kier molecular flexibility index (Phi) is 9.22. The third kappa shape index (κ3) is 4.18. The number of halogens is 3. The third-order valence-corrected chi connectivity index (χ3v) is 6.01. The minimum absolute atomic E-state index is 0. The minimum atomic E-state index is 0. The van der Waals surface area contributed by atoms with Crippen molar-refractivity contribution in [1.82, 2.24) is 0 Å². The molecule has 114 valence electrons. The maximum absolute atomic E-state index is 2.35. The molecule has 1 aromatic carbocycles. The Balaban J connectivity index is 0. The summed E-state index contributed by atoms with van der Waals surface area (Å²) in [6.45, 7) is 11.3. The van der Waals surface area contributed by atoms with Crippen molar-refractivity contribution in [2.24, 2.45) is 0 Å². The summed E-state index contributed by atoms with van der Waals surface area (Å²) in [6.07, 6.45) is 8.96. The summed E-state index contributed by atoms with van der Waals surface area (Å²) in [6, 6.07) is 4.71. The quantitative estimate of drug-likeness (QED) is 0.457. The second-order valence-electron chi connectivity index (χ2n) is 5.95. The molecule has 2 rings (SSSR count). The van der Waals surface area contributed by atoms with Crippen LogP contribution in [0.1, 0.15) is 36.1 Å². The number of allylic oxidation sites excluding steroid dienone is 4. The monoisotopic (exact) mass is 378 g/mol. The molecule has 0 atom stereocenters. The van der Waals surface area contributed by atoms with Gasteiger partial charge in [-0.3, -0.25) is 0 Å². The van der Waals surface area contributed by atoms with Gasteiger partial charge in [0.25, 0.3) is 0 Å². The average molecular weight is 380 g/mol. The summed E-state index contributed by atoms with van der Waals surface area (Å²) in [7, 11) is 0. The van der Waals surface area contributed by atoms with Crippen molar-refractivity contribution in [2.45, 2.75) is 43.8 Å². The van der Waals surface area contributed by atoms with Crippen LogP contribution in [-0.2, 0) is 25.9 Å². The first-order valence-corrected chi connectivity index (χ1v) is 7.26. The fourth-order valence-corrected chi connectivity index (χ4v) is 3.05. The van der Waals surface area contributed by atoms with E-state index in [0.29, 0.717) is 0 Å². The van der Waals surface area contributed by atoms with Gasteiger partial charge in [0.1, 0.15) is 0 Å². The van der Waals surface area contributed by atoms with Gasteiger partial charge in [0.2, 0.25) is 0 Å². The number of rotatable bonds is 2. The van der Waals surface area contributed by atoms with Gasteiger partial charge in [0, 0.05) is 0 Å². The normalized spacial score (nSPS) is 15.0. The second kappa shape index (κ2) is 8.22. The van der Waals surface area contributed by atoms with Crippen LogP contribution in [-0.4, -0.2) is 0 Å². The van der Waals surface area contributed by atoms with Crippen LogP contribution < -0.4 is 37.2 Å². The molecule has 0 spiro atoms. The van der Waals surface area contributed by atoms with Gasteiger partial charge in [-0.25, -0.2) is 0 Å². The van der Waals surface area contributed by atoms with Crippen LogP contribution in [0.4, 0.5) is 0 Å². The van der Waals surface area contributed by atoms with E-state index in [2.05, 4.69) is 91.5 Å². The molecule has 0 fully saturated rings. The molecule has 0 aliphatic heterocycles. The van der Waals surface area contributed by atoms with Crippen LogP contribution in [0.3, 0.4) is 0 Å². The Hall–Kier alpha value is 0.284. The zero-order chi connectivity index (χ0) is 13.6. The molecule has 0 bridgehead atoms. The molecular weight excluding hydrogens is 358 g/mol. The Morgan fingerprint density at radius 1 is 0.857 bits per heavy atom. The number of hydrogen-bond donors (Lipinski definition) is 0. The molecule has 0 saturated heterocycles. The van der Waals surface area contributed by atoms with Crippen LogP contribution in [0.15, 0.2) is 36.4 Å². The van der Waals surface area contributed by atoms with E-state index in [9.17, 15) is 0 Å². The Morgan fingerprint density at radius 3 is 1.62 bits per heavy atom. The molecule has 0 radical (unpaired) electrons. The summed E-state index contributed by atoms with van der Waals surface area (Å²) in [5, 5.41) is 0. The number of benzene rings is 1. The molecule has 0 nitrogen and oxygen atoms in total. The van der Waals surface area contributed by atoms with E-state index in [4.69, 9.17) is 0 Å². The second-order valence-corrected chi connectivity index (χ2v) is 7.24. The van der Waals surface area contributed by atoms with Crippen LogP contribution in [0.2, 0.25) is 3.72 Å². The van der Waals surface area contributed by atoms with Crippen molar-refractivity contribution in [3.8, 4) is 0 Å². The van der Waals surface area contributed by atoms with Gasteiger partial charge in [-0.05, 0) is 0 Å². The van der Waals surface area contributed by atoms with Gasteiger partial charge in [0.05, 0.1) is 0 Å². The maximum Gasteiger partial charge on any atom is -1.00 e. The predicted molar refractivity (Wildman–Crippen MR) is 74.7 cm³/mol. The topological polar surface area (TPSA) is 0 Å². The van der Waals surface area contributed by atoms with Gasteiger partial charge in [0.15, 0.2) is 0 Å². The summed E-state index contributed by atoms with van der Waals surface area (Å²) >= 11 is 2.32. The fourth-order valence-electron chi connectivity index (χ4n) is 2.52. The van der Waals surface area contributed by atoms with Gasteiger partial charge in [-0.2, -0.15) is 0 Å². The Bertz CT molecular complexity index is 510. The first-order chi connectivity index (χ1) is 8.28. The van der Waals surface area contributed by atoms with Crippen molar-refractivity contribution < 1.29 is 57.7 Å². The molecule has 0 N–H and O–H groups in total. The Morgan fingerprint density at radius 2 is 1.24 bits per heavy atom. The number of hydrogen-bond acceptors (Lipinski definition) is 0. The van der Waals surface area contributed by atoms with E-state index in [1.165, 1.54) is 22.3 Å². The average Bonchev–Trinajstić information content (AvgIpc) is 2.74. The van der Waals surface area contributed by atoms with Crippen LogP contribution in [0.5, 0.6) is 0 Å². The van der Waals surface area contributed by atoms with E-state index in [-0.39, 0.29) is 46.4 Å². The van der Waals surface area contributed by atoms with Crippen LogP contribution in [0.25, 0.3) is 0 Å². The van der Waals surface area contributed by atoms with E-state index in [0.717, 1.165) is 0 Å². The predicted octanol–water partition coefficient (Wildman–Crippen LogP) is -4.27. The first-order valence-electron chi connectivity index (χ1n) is 6.48. The van der Waals surface area contributed by atoms with Crippen molar-refractivity contribution in [3.63, 3.8) is 0 Å². The summed E-state index contributed by atoms with van der Waals surface area (Å²) in [4.78, 5) is 0. The zero-order valence-electron chi connectivity index (χ0n) is 13.1. The van der Waals surface area contributed by atoms with Gasteiger partial charge in [-0.15, -0.1) is 0 Å².